The molecule has 2 aromatic rings. The molecule has 21 heavy (non-hydrogen) atoms. The Morgan fingerprint density at radius 2 is 1.90 bits per heavy atom. The van der Waals surface area contributed by atoms with Crippen molar-refractivity contribution in [2.24, 2.45) is 0 Å². The first kappa shape index (κ1) is 13.8. The summed E-state index contributed by atoms with van der Waals surface area (Å²) in [5.74, 6) is 2.56. The third-order valence-corrected chi connectivity index (χ3v) is 3.52. The highest BCUT2D eigenvalue weighted by Gasteiger charge is 2.13. The molecule has 0 saturated heterocycles. The lowest BCUT2D eigenvalue weighted by atomic mass is 10.1. The lowest BCUT2D eigenvalue weighted by Gasteiger charge is -2.11. The van der Waals surface area contributed by atoms with E-state index in [4.69, 9.17) is 14.2 Å². The summed E-state index contributed by atoms with van der Waals surface area (Å²) in [6.45, 7) is 3.93. The molecular weight excluding hydrogens is 266 g/mol. The van der Waals surface area contributed by atoms with Crippen LogP contribution in [0.4, 0.5) is 0 Å². The highest BCUT2D eigenvalue weighted by atomic mass is 16.7. The predicted molar refractivity (Wildman–Crippen MR) is 80.8 cm³/mol. The van der Waals surface area contributed by atoms with Gasteiger partial charge in [-0.25, -0.2) is 0 Å². The molecule has 0 saturated carbocycles. The predicted octanol–water partition coefficient (Wildman–Crippen LogP) is 3.02. The van der Waals surface area contributed by atoms with Crippen molar-refractivity contribution in [2.45, 2.75) is 20.0 Å². The van der Waals surface area contributed by atoms with Crippen LogP contribution in [-0.4, -0.2) is 13.9 Å². The molecule has 1 aliphatic rings. The normalized spacial score (nSPS) is 12.5. The molecule has 0 spiro atoms. The Hall–Kier alpha value is -2.20. The Kier molecular flexibility index (Phi) is 3.97. The first-order valence-corrected chi connectivity index (χ1v) is 6.99. The third kappa shape index (κ3) is 3.11. The lowest BCUT2D eigenvalue weighted by Crippen LogP contribution is -2.13. The highest BCUT2D eigenvalue weighted by Crippen LogP contribution is 2.32. The van der Waals surface area contributed by atoms with Crippen LogP contribution in [0, 0.1) is 6.92 Å². The van der Waals surface area contributed by atoms with Gasteiger partial charge in [0.05, 0.1) is 7.11 Å². The van der Waals surface area contributed by atoms with Crippen molar-refractivity contribution in [1.29, 1.82) is 0 Å². The van der Waals surface area contributed by atoms with Crippen molar-refractivity contribution in [1.82, 2.24) is 5.32 Å². The average Bonchev–Trinajstić information content (AvgIpc) is 2.95. The van der Waals surface area contributed by atoms with E-state index in [9.17, 15) is 0 Å². The van der Waals surface area contributed by atoms with E-state index >= 15 is 0 Å². The minimum atomic E-state index is 0.312. The first-order valence-electron chi connectivity index (χ1n) is 6.99. The molecule has 110 valence electrons. The zero-order valence-corrected chi connectivity index (χ0v) is 12.3. The molecule has 1 aliphatic heterocycles. The van der Waals surface area contributed by atoms with Gasteiger partial charge in [0.1, 0.15) is 5.75 Å². The fourth-order valence-corrected chi connectivity index (χ4v) is 2.44. The van der Waals surface area contributed by atoms with Crippen molar-refractivity contribution in [3.05, 3.63) is 53.1 Å². The van der Waals surface area contributed by atoms with Gasteiger partial charge in [0.25, 0.3) is 0 Å². The van der Waals surface area contributed by atoms with Crippen molar-refractivity contribution < 1.29 is 14.2 Å². The molecule has 0 radical (unpaired) electrons. The second-order valence-corrected chi connectivity index (χ2v) is 5.11. The van der Waals surface area contributed by atoms with Crippen molar-refractivity contribution in [3.63, 3.8) is 0 Å². The van der Waals surface area contributed by atoms with Crippen LogP contribution in [0.2, 0.25) is 0 Å². The monoisotopic (exact) mass is 285 g/mol. The van der Waals surface area contributed by atoms with Gasteiger partial charge >= 0.3 is 0 Å². The fraction of sp³-hybridized carbons (Fsp3) is 0.294. The molecule has 0 amide bonds. The van der Waals surface area contributed by atoms with Gasteiger partial charge in [-0.2, -0.15) is 0 Å². The van der Waals surface area contributed by atoms with E-state index < -0.39 is 0 Å². The minimum Gasteiger partial charge on any atom is -0.496 e. The lowest BCUT2D eigenvalue weighted by molar-refractivity contribution is 0.174. The SMILES string of the molecule is COc1ccc(C)cc1CNCc1ccc2c(c1)OCO2. The summed E-state index contributed by atoms with van der Waals surface area (Å²) in [4.78, 5) is 0. The quantitative estimate of drug-likeness (QED) is 0.916. The molecule has 4 nitrogen and oxygen atoms in total. The van der Waals surface area contributed by atoms with Crippen molar-refractivity contribution >= 4 is 0 Å². The van der Waals surface area contributed by atoms with E-state index in [1.54, 1.807) is 7.11 Å². The number of ether oxygens (including phenoxy) is 3. The van der Waals surface area contributed by atoms with E-state index in [1.807, 2.05) is 24.3 Å². The van der Waals surface area contributed by atoms with Gasteiger partial charge in [-0.15, -0.1) is 0 Å². The topological polar surface area (TPSA) is 39.7 Å². The number of hydrogen-bond donors (Lipinski definition) is 1. The van der Waals surface area contributed by atoms with Crippen molar-refractivity contribution in [3.8, 4) is 17.2 Å². The van der Waals surface area contributed by atoms with E-state index in [2.05, 4.69) is 24.4 Å². The van der Waals surface area contributed by atoms with E-state index in [-0.39, 0.29) is 0 Å². The molecule has 0 aromatic heterocycles. The summed E-state index contributed by atoms with van der Waals surface area (Å²) in [7, 11) is 1.70. The number of nitrogens with one attached hydrogen (secondary N) is 1. The summed E-state index contributed by atoms with van der Waals surface area (Å²) >= 11 is 0. The summed E-state index contributed by atoms with van der Waals surface area (Å²) < 4.78 is 16.1. The summed E-state index contributed by atoms with van der Waals surface area (Å²) in [6, 6.07) is 12.2. The summed E-state index contributed by atoms with van der Waals surface area (Å²) in [5, 5.41) is 3.43. The van der Waals surface area contributed by atoms with Crippen LogP contribution in [0.5, 0.6) is 17.2 Å². The molecule has 0 atom stereocenters. The van der Waals surface area contributed by atoms with E-state index in [0.717, 1.165) is 30.3 Å². The van der Waals surface area contributed by atoms with Crippen LogP contribution in [-0.2, 0) is 13.1 Å². The maximum Gasteiger partial charge on any atom is 0.231 e. The number of rotatable bonds is 5. The Balaban J connectivity index is 1.62. The van der Waals surface area contributed by atoms with Gasteiger partial charge in [0.15, 0.2) is 11.5 Å². The Morgan fingerprint density at radius 1 is 1.05 bits per heavy atom. The second kappa shape index (κ2) is 6.06. The number of methoxy groups -OCH3 is 1. The molecule has 0 aliphatic carbocycles. The molecule has 0 fully saturated rings. The van der Waals surface area contributed by atoms with Gasteiger partial charge in [0.2, 0.25) is 6.79 Å². The second-order valence-electron chi connectivity index (χ2n) is 5.11. The number of fused-ring (bicyclic) bond motifs is 1. The van der Waals surface area contributed by atoms with Gasteiger partial charge in [-0.1, -0.05) is 23.8 Å². The van der Waals surface area contributed by atoms with Crippen LogP contribution >= 0.6 is 0 Å². The zero-order valence-electron chi connectivity index (χ0n) is 12.3. The van der Waals surface area contributed by atoms with Crippen LogP contribution in [0.25, 0.3) is 0 Å². The molecule has 1 heterocycles. The number of hydrogen-bond acceptors (Lipinski definition) is 4. The van der Waals surface area contributed by atoms with Crippen LogP contribution in [0.3, 0.4) is 0 Å². The van der Waals surface area contributed by atoms with Gasteiger partial charge in [0, 0.05) is 18.7 Å². The largest absolute Gasteiger partial charge is 0.496 e. The van der Waals surface area contributed by atoms with Crippen LogP contribution < -0.4 is 19.5 Å². The van der Waals surface area contributed by atoms with Crippen molar-refractivity contribution in [2.75, 3.05) is 13.9 Å². The smallest absolute Gasteiger partial charge is 0.231 e. The number of aryl methyl sites for hydroxylation is 1. The van der Waals surface area contributed by atoms with Gasteiger partial charge in [-0.3, -0.25) is 0 Å². The summed E-state index contributed by atoms with van der Waals surface area (Å²) in [6.07, 6.45) is 0. The maximum absolute atomic E-state index is 5.39. The Labute approximate surface area is 124 Å². The summed E-state index contributed by atoms with van der Waals surface area (Å²) in [5.41, 5.74) is 3.57. The van der Waals surface area contributed by atoms with E-state index in [1.165, 1.54) is 16.7 Å². The Morgan fingerprint density at radius 3 is 2.76 bits per heavy atom. The maximum atomic E-state index is 5.39. The fourth-order valence-electron chi connectivity index (χ4n) is 2.44. The molecular formula is C17H19NO3. The average molecular weight is 285 g/mol. The molecule has 2 aromatic carbocycles. The van der Waals surface area contributed by atoms with E-state index in [0.29, 0.717) is 6.79 Å². The zero-order chi connectivity index (χ0) is 14.7. The first-order chi connectivity index (χ1) is 10.3. The molecule has 1 N–H and O–H groups in total. The Bertz CT molecular complexity index is 640. The molecule has 4 heteroatoms. The van der Waals surface area contributed by atoms with Gasteiger partial charge in [-0.05, 0) is 30.7 Å². The minimum absolute atomic E-state index is 0.312. The van der Waals surface area contributed by atoms with Gasteiger partial charge < -0.3 is 19.5 Å². The highest BCUT2D eigenvalue weighted by molar-refractivity contribution is 5.44. The molecule has 0 unspecified atom stereocenters. The number of benzene rings is 2. The molecule has 0 bridgehead atoms. The molecule has 3 rings (SSSR count). The van der Waals surface area contributed by atoms with Crippen LogP contribution in [0.15, 0.2) is 36.4 Å². The standard InChI is InChI=1S/C17H19NO3/c1-12-3-5-15(19-2)14(7-12)10-18-9-13-4-6-16-17(8-13)21-11-20-16/h3-8,18H,9-11H2,1-2H3. The van der Waals surface area contributed by atoms with Crippen LogP contribution in [0.1, 0.15) is 16.7 Å². The third-order valence-electron chi connectivity index (χ3n) is 3.52.